The summed E-state index contributed by atoms with van der Waals surface area (Å²) in [6.07, 6.45) is 1.19. The van der Waals surface area contributed by atoms with E-state index in [4.69, 9.17) is 9.15 Å². The number of morpholine rings is 1. The largest absolute Gasteiger partial charge is 0.462 e. The van der Waals surface area contributed by atoms with E-state index in [1.54, 1.807) is 18.2 Å². The number of likely N-dealkylation sites (N-methyl/N-ethyl adjacent to an activating group) is 1. The highest BCUT2D eigenvalue weighted by Gasteiger charge is 2.27. The van der Waals surface area contributed by atoms with Gasteiger partial charge in [0.25, 0.3) is 5.91 Å². The molecule has 0 spiro atoms. The van der Waals surface area contributed by atoms with Gasteiger partial charge in [0.2, 0.25) is 0 Å². The first-order valence-electron chi connectivity index (χ1n) is 6.33. The van der Waals surface area contributed by atoms with Gasteiger partial charge < -0.3 is 19.4 Å². The molecule has 1 N–H and O–H groups in total. The van der Waals surface area contributed by atoms with Gasteiger partial charge in [-0.25, -0.2) is 0 Å². The van der Waals surface area contributed by atoms with E-state index in [0.717, 1.165) is 23.2 Å². The summed E-state index contributed by atoms with van der Waals surface area (Å²) < 4.78 is 10.9. The predicted molar refractivity (Wildman–Crippen MR) is 72.2 cm³/mol. The average Bonchev–Trinajstić information content (AvgIpc) is 2.90. The normalized spacial score (nSPS) is 19.5. The fourth-order valence-corrected chi connectivity index (χ4v) is 2.28. The van der Waals surface area contributed by atoms with Crippen molar-refractivity contribution < 1.29 is 13.9 Å². The molecule has 0 aliphatic carbocycles. The van der Waals surface area contributed by atoms with Crippen LogP contribution in [0.4, 0.5) is 5.69 Å². The van der Waals surface area contributed by atoms with E-state index in [1.807, 2.05) is 24.3 Å². The highest BCUT2D eigenvalue weighted by molar-refractivity contribution is 6.03. The predicted octanol–water partition coefficient (Wildman–Crippen LogP) is 1.38. The van der Waals surface area contributed by atoms with Crippen LogP contribution in [0.25, 0.3) is 11.0 Å². The molecule has 3 rings (SSSR count). The molecular weight excluding hydrogens is 244 g/mol. The number of amides is 1. The molecule has 1 saturated heterocycles. The quantitative estimate of drug-likeness (QED) is 0.886. The zero-order valence-electron chi connectivity index (χ0n) is 10.8. The van der Waals surface area contributed by atoms with Gasteiger partial charge in [-0.3, -0.25) is 4.79 Å². The number of fused-ring (bicyclic) bond motifs is 1. The molecule has 1 aliphatic heterocycles. The molecule has 1 fully saturated rings. The Morgan fingerprint density at radius 1 is 1.42 bits per heavy atom. The van der Waals surface area contributed by atoms with Crippen LogP contribution in [0.2, 0.25) is 0 Å². The van der Waals surface area contributed by atoms with Gasteiger partial charge in [0.1, 0.15) is 18.0 Å². The lowest BCUT2D eigenvalue weighted by molar-refractivity contribution is -0.131. The number of rotatable bonds is 2. The van der Waals surface area contributed by atoms with Crippen molar-refractivity contribution >= 4 is 22.6 Å². The summed E-state index contributed by atoms with van der Waals surface area (Å²) >= 11 is 0. The molecular formula is C14H16N2O3. The van der Waals surface area contributed by atoms with Crippen LogP contribution in [0.3, 0.4) is 0 Å². The van der Waals surface area contributed by atoms with E-state index in [-0.39, 0.29) is 5.91 Å². The SMILES string of the molecule is CN(C(=O)C1CNCCO1)c1coc2ccccc12. The van der Waals surface area contributed by atoms with Crippen LogP contribution >= 0.6 is 0 Å². The van der Waals surface area contributed by atoms with Crippen molar-refractivity contribution in [2.75, 3.05) is 31.6 Å². The van der Waals surface area contributed by atoms with Gasteiger partial charge in [-0.1, -0.05) is 12.1 Å². The number of carbonyl (C=O) groups is 1. The van der Waals surface area contributed by atoms with Gasteiger partial charge in [-0.15, -0.1) is 0 Å². The number of nitrogens with zero attached hydrogens (tertiary/aromatic N) is 1. The molecule has 0 saturated carbocycles. The van der Waals surface area contributed by atoms with Gasteiger partial charge in [-0.2, -0.15) is 0 Å². The van der Waals surface area contributed by atoms with Gasteiger partial charge in [-0.05, 0) is 12.1 Å². The van der Waals surface area contributed by atoms with Crippen molar-refractivity contribution in [2.45, 2.75) is 6.10 Å². The fraction of sp³-hybridized carbons (Fsp3) is 0.357. The van der Waals surface area contributed by atoms with E-state index < -0.39 is 6.10 Å². The molecule has 5 heteroatoms. The molecule has 5 nitrogen and oxygen atoms in total. The van der Waals surface area contributed by atoms with E-state index in [9.17, 15) is 4.79 Å². The summed E-state index contributed by atoms with van der Waals surface area (Å²) in [7, 11) is 1.75. The maximum absolute atomic E-state index is 12.4. The summed E-state index contributed by atoms with van der Waals surface area (Å²) in [6, 6.07) is 7.66. The molecule has 0 radical (unpaired) electrons. The minimum atomic E-state index is -0.424. The van der Waals surface area contributed by atoms with Gasteiger partial charge in [0.15, 0.2) is 0 Å². The summed E-state index contributed by atoms with van der Waals surface area (Å²) in [5, 5.41) is 4.09. The van der Waals surface area contributed by atoms with Crippen LogP contribution in [0, 0.1) is 0 Å². The van der Waals surface area contributed by atoms with E-state index in [1.165, 1.54) is 0 Å². The molecule has 1 aromatic heterocycles. The van der Waals surface area contributed by atoms with Crippen LogP contribution in [0.5, 0.6) is 0 Å². The van der Waals surface area contributed by atoms with Crippen LogP contribution < -0.4 is 10.2 Å². The number of para-hydroxylation sites is 1. The van der Waals surface area contributed by atoms with E-state index in [0.29, 0.717) is 13.2 Å². The van der Waals surface area contributed by atoms with Crippen molar-refractivity contribution in [3.8, 4) is 0 Å². The molecule has 1 aromatic carbocycles. The number of nitrogens with one attached hydrogen (secondary N) is 1. The summed E-state index contributed by atoms with van der Waals surface area (Å²) in [6.45, 7) is 1.91. The van der Waals surface area contributed by atoms with Crippen molar-refractivity contribution in [1.29, 1.82) is 0 Å². The number of carbonyl (C=O) groups excluding carboxylic acids is 1. The Morgan fingerprint density at radius 3 is 3.05 bits per heavy atom. The second-order valence-electron chi connectivity index (χ2n) is 4.58. The maximum atomic E-state index is 12.4. The molecule has 2 heterocycles. The van der Waals surface area contributed by atoms with E-state index >= 15 is 0 Å². The second-order valence-corrected chi connectivity index (χ2v) is 4.58. The van der Waals surface area contributed by atoms with Crippen LogP contribution in [-0.4, -0.2) is 38.8 Å². The third kappa shape index (κ3) is 2.22. The smallest absolute Gasteiger partial charge is 0.257 e. The van der Waals surface area contributed by atoms with Gasteiger partial charge in [0.05, 0.1) is 12.3 Å². The zero-order chi connectivity index (χ0) is 13.2. The molecule has 19 heavy (non-hydrogen) atoms. The standard InChI is InChI=1S/C14H16N2O3/c1-16(14(17)13-8-15-6-7-18-13)11-9-19-12-5-3-2-4-10(11)12/h2-5,9,13,15H,6-8H2,1H3. The second kappa shape index (κ2) is 5.03. The molecule has 2 aromatic rings. The number of furan rings is 1. The highest BCUT2D eigenvalue weighted by atomic mass is 16.5. The molecule has 1 amide bonds. The Morgan fingerprint density at radius 2 is 2.26 bits per heavy atom. The van der Waals surface area contributed by atoms with Crippen molar-refractivity contribution in [2.24, 2.45) is 0 Å². The molecule has 1 aliphatic rings. The Hall–Kier alpha value is -1.85. The van der Waals surface area contributed by atoms with Gasteiger partial charge >= 0.3 is 0 Å². The molecule has 1 atom stereocenters. The Bertz CT molecular complexity index is 587. The average molecular weight is 260 g/mol. The topological polar surface area (TPSA) is 54.7 Å². The zero-order valence-corrected chi connectivity index (χ0v) is 10.8. The van der Waals surface area contributed by atoms with Gasteiger partial charge in [0, 0.05) is 25.5 Å². The highest BCUT2D eigenvalue weighted by Crippen LogP contribution is 2.28. The van der Waals surface area contributed by atoms with Crippen molar-refractivity contribution in [1.82, 2.24) is 5.32 Å². The van der Waals surface area contributed by atoms with Crippen LogP contribution in [0.1, 0.15) is 0 Å². The Balaban J connectivity index is 1.86. The van der Waals surface area contributed by atoms with E-state index in [2.05, 4.69) is 5.32 Å². The molecule has 0 bridgehead atoms. The third-order valence-corrected chi connectivity index (χ3v) is 3.36. The number of hydrogen-bond acceptors (Lipinski definition) is 4. The minimum absolute atomic E-state index is 0.0567. The third-order valence-electron chi connectivity index (χ3n) is 3.36. The first-order chi connectivity index (χ1) is 9.27. The lowest BCUT2D eigenvalue weighted by Gasteiger charge is -2.26. The monoisotopic (exact) mass is 260 g/mol. The number of hydrogen-bond donors (Lipinski definition) is 1. The fourth-order valence-electron chi connectivity index (χ4n) is 2.28. The van der Waals surface area contributed by atoms with Crippen LogP contribution in [0.15, 0.2) is 34.9 Å². The molecule has 1 unspecified atom stereocenters. The lowest BCUT2D eigenvalue weighted by atomic mass is 10.2. The lowest BCUT2D eigenvalue weighted by Crippen LogP contribution is -2.48. The van der Waals surface area contributed by atoms with Crippen LogP contribution in [-0.2, 0) is 9.53 Å². The van der Waals surface area contributed by atoms with Crippen molar-refractivity contribution in [3.05, 3.63) is 30.5 Å². The Kier molecular flexibility index (Phi) is 3.23. The number of benzene rings is 1. The summed E-state index contributed by atoms with van der Waals surface area (Å²) in [5.74, 6) is -0.0567. The maximum Gasteiger partial charge on any atom is 0.257 e. The minimum Gasteiger partial charge on any atom is -0.462 e. The van der Waals surface area contributed by atoms with Crippen molar-refractivity contribution in [3.63, 3.8) is 0 Å². The summed E-state index contributed by atoms with van der Waals surface area (Å²) in [4.78, 5) is 14.0. The summed E-state index contributed by atoms with van der Waals surface area (Å²) in [5.41, 5.74) is 1.55. The Labute approximate surface area is 111 Å². The number of ether oxygens (including phenoxy) is 1. The number of anilines is 1. The first kappa shape index (κ1) is 12.2. The first-order valence-corrected chi connectivity index (χ1v) is 6.33. The molecule has 100 valence electrons.